The van der Waals surface area contributed by atoms with E-state index in [1.165, 1.54) is 0 Å². The molecule has 1 aromatic carbocycles. The van der Waals surface area contributed by atoms with Gasteiger partial charge < -0.3 is 28.6 Å². The summed E-state index contributed by atoms with van der Waals surface area (Å²) in [6.07, 6.45) is 4.17. The number of fused-ring (bicyclic) bond motifs is 1. The Labute approximate surface area is 245 Å². The quantitative estimate of drug-likeness (QED) is 0.158. The summed E-state index contributed by atoms with van der Waals surface area (Å²) < 4.78 is 19.0. The summed E-state index contributed by atoms with van der Waals surface area (Å²) in [6.45, 7) is 14.2. The van der Waals surface area contributed by atoms with Gasteiger partial charge in [-0.05, 0) is 56.5 Å². The minimum absolute atomic E-state index is 0.0118. The summed E-state index contributed by atoms with van der Waals surface area (Å²) in [5.41, 5.74) is 3.20. The number of carbonyl (C=O) groups is 2. The van der Waals surface area contributed by atoms with Crippen molar-refractivity contribution in [3.63, 3.8) is 0 Å². The molecule has 0 saturated carbocycles. The van der Waals surface area contributed by atoms with E-state index in [4.69, 9.17) is 14.2 Å². The van der Waals surface area contributed by atoms with Crippen molar-refractivity contribution < 1.29 is 28.9 Å². The van der Waals surface area contributed by atoms with Crippen LogP contribution in [-0.4, -0.2) is 88.6 Å². The van der Waals surface area contributed by atoms with Gasteiger partial charge in [0.2, 0.25) is 0 Å². The number of ketones is 1. The molecule has 1 atom stereocenters. The molecular formula is C32H38N4O6. The number of imidazole rings is 1. The van der Waals surface area contributed by atoms with E-state index < -0.39 is 17.7 Å². The van der Waals surface area contributed by atoms with Gasteiger partial charge in [0.25, 0.3) is 11.7 Å². The molecule has 2 aromatic heterocycles. The SMILES string of the molecule is C=CCOc1ccc(C2/C(=C(\O)c3nc4c(C)cccn4c3C)C(=O)C(=O)N2CCCN2CCOCC2)cc1OCC. The van der Waals surface area contributed by atoms with Crippen molar-refractivity contribution in [2.45, 2.75) is 33.2 Å². The number of aliphatic hydroxyl groups is 1. The number of pyridine rings is 1. The number of carbonyl (C=O) groups excluding carboxylic acids is 2. The molecule has 1 amide bonds. The number of likely N-dealkylation sites (tertiary alicyclic amines) is 1. The number of hydrogen-bond acceptors (Lipinski definition) is 8. The third kappa shape index (κ3) is 5.64. The normalized spacial score (nSPS) is 19.0. The van der Waals surface area contributed by atoms with Crippen LogP contribution in [0.4, 0.5) is 0 Å². The Morgan fingerprint density at radius 3 is 2.64 bits per heavy atom. The summed E-state index contributed by atoms with van der Waals surface area (Å²) in [5, 5.41) is 11.7. The first-order valence-corrected chi connectivity index (χ1v) is 14.4. The van der Waals surface area contributed by atoms with Crippen LogP contribution in [0.25, 0.3) is 11.4 Å². The van der Waals surface area contributed by atoms with Gasteiger partial charge in [-0.2, -0.15) is 0 Å². The highest BCUT2D eigenvalue weighted by Crippen LogP contribution is 2.42. The zero-order chi connectivity index (χ0) is 29.8. The van der Waals surface area contributed by atoms with Gasteiger partial charge >= 0.3 is 0 Å². The molecule has 0 bridgehead atoms. The number of rotatable bonds is 11. The fraction of sp³-hybridized carbons (Fsp3) is 0.406. The molecule has 0 radical (unpaired) electrons. The Morgan fingerprint density at radius 2 is 1.93 bits per heavy atom. The Kier molecular flexibility index (Phi) is 8.94. The monoisotopic (exact) mass is 574 g/mol. The molecule has 2 aliphatic heterocycles. The van der Waals surface area contributed by atoms with Crippen LogP contribution in [0.3, 0.4) is 0 Å². The second-order valence-electron chi connectivity index (χ2n) is 10.5. The molecule has 0 spiro atoms. The summed E-state index contributed by atoms with van der Waals surface area (Å²) in [7, 11) is 0. The molecule has 5 rings (SSSR count). The zero-order valence-electron chi connectivity index (χ0n) is 24.5. The smallest absolute Gasteiger partial charge is 0.295 e. The van der Waals surface area contributed by atoms with Crippen molar-refractivity contribution in [1.29, 1.82) is 0 Å². The molecular weight excluding hydrogens is 536 g/mol. The van der Waals surface area contributed by atoms with Crippen LogP contribution in [0.1, 0.15) is 41.9 Å². The van der Waals surface area contributed by atoms with E-state index in [1.54, 1.807) is 29.2 Å². The first-order valence-electron chi connectivity index (χ1n) is 14.4. The molecule has 1 unspecified atom stereocenters. The maximum Gasteiger partial charge on any atom is 0.295 e. The van der Waals surface area contributed by atoms with Crippen LogP contribution >= 0.6 is 0 Å². The van der Waals surface area contributed by atoms with Crippen molar-refractivity contribution in [2.75, 3.05) is 52.6 Å². The van der Waals surface area contributed by atoms with E-state index in [1.807, 2.05) is 43.5 Å². The van der Waals surface area contributed by atoms with E-state index in [-0.39, 0.29) is 17.0 Å². The van der Waals surface area contributed by atoms with Gasteiger partial charge in [0.15, 0.2) is 17.3 Å². The first kappa shape index (κ1) is 29.3. The van der Waals surface area contributed by atoms with E-state index in [0.717, 1.165) is 25.2 Å². The van der Waals surface area contributed by atoms with Gasteiger partial charge in [0.1, 0.15) is 17.9 Å². The van der Waals surface area contributed by atoms with Gasteiger partial charge in [-0.3, -0.25) is 14.5 Å². The second-order valence-corrected chi connectivity index (χ2v) is 10.5. The predicted octanol–water partition coefficient (Wildman–Crippen LogP) is 4.06. The van der Waals surface area contributed by atoms with E-state index in [0.29, 0.717) is 67.8 Å². The minimum Gasteiger partial charge on any atom is -0.505 e. The van der Waals surface area contributed by atoms with E-state index >= 15 is 0 Å². The van der Waals surface area contributed by atoms with Gasteiger partial charge in [-0.25, -0.2) is 4.98 Å². The highest BCUT2D eigenvalue weighted by Gasteiger charge is 2.46. The third-order valence-electron chi connectivity index (χ3n) is 7.77. The fourth-order valence-electron chi connectivity index (χ4n) is 5.65. The average molecular weight is 575 g/mol. The van der Waals surface area contributed by atoms with Crippen LogP contribution in [0, 0.1) is 13.8 Å². The molecule has 1 N–H and O–H groups in total. The van der Waals surface area contributed by atoms with Crippen molar-refractivity contribution in [3.05, 3.63) is 77.3 Å². The molecule has 10 heteroatoms. The Bertz CT molecular complexity index is 1520. The second kappa shape index (κ2) is 12.8. The molecule has 4 heterocycles. The minimum atomic E-state index is -0.826. The molecule has 10 nitrogen and oxygen atoms in total. The molecule has 2 fully saturated rings. The Morgan fingerprint density at radius 1 is 1.14 bits per heavy atom. The number of benzene rings is 1. The lowest BCUT2D eigenvalue weighted by Gasteiger charge is -2.29. The lowest BCUT2D eigenvalue weighted by atomic mass is 9.96. The predicted molar refractivity (Wildman–Crippen MR) is 159 cm³/mol. The molecule has 0 aliphatic carbocycles. The highest BCUT2D eigenvalue weighted by atomic mass is 16.5. The average Bonchev–Trinajstić information content (AvgIpc) is 3.47. The zero-order valence-corrected chi connectivity index (χ0v) is 24.5. The fourth-order valence-corrected chi connectivity index (χ4v) is 5.65. The van der Waals surface area contributed by atoms with Gasteiger partial charge in [0.05, 0.1) is 37.1 Å². The summed E-state index contributed by atoms with van der Waals surface area (Å²) >= 11 is 0. The lowest BCUT2D eigenvalue weighted by Crippen LogP contribution is -2.39. The van der Waals surface area contributed by atoms with Gasteiger partial charge in [-0.1, -0.05) is 24.8 Å². The van der Waals surface area contributed by atoms with Crippen LogP contribution in [0.15, 0.2) is 54.8 Å². The first-order chi connectivity index (χ1) is 20.3. The van der Waals surface area contributed by atoms with Crippen molar-refractivity contribution in [1.82, 2.24) is 19.2 Å². The van der Waals surface area contributed by atoms with Crippen LogP contribution in [0.5, 0.6) is 11.5 Å². The van der Waals surface area contributed by atoms with Crippen LogP contribution in [-0.2, 0) is 14.3 Å². The summed E-state index contributed by atoms with van der Waals surface area (Å²) in [4.78, 5) is 35.7. The Balaban J connectivity index is 1.59. The molecule has 2 aliphatic rings. The van der Waals surface area contributed by atoms with Crippen molar-refractivity contribution in [2.24, 2.45) is 0 Å². The molecule has 42 heavy (non-hydrogen) atoms. The largest absolute Gasteiger partial charge is 0.505 e. The maximum absolute atomic E-state index is 13.7. The van der Waals surface area contributed by atoms with Crippen molar-refractivity contribution >= 4 is 23.1 Å². The molecule has 2 saturated heterocycles. The number of morpholine rings is 1. The van der Waals surface area contributed by atoms with E-state index in [9.17, 15) is 14.7 Å². The number of nitrogens with zero attached hydrogens (tertiary/aromatic N) is 4. The number of amides is 1. The number of ether oxygens (including phenoxy) is 3. The number of Topliss-reactive ketones (excluding diaryl/α,β-unsaturated/α-hetero) is 1. The van der Waals surface area contributed by atoms with Crippen molar-refractivity contribution in [3.8, 4) is 11.5 Å². The van der Waals surface area contributed by atoms with Gasteiger partial charge in [0, 0.05) is 32.4 Å². The number of aliphatic hydroxyl groups excluding tert-OH is 1. The van der Waals surface area contributed by atoms with Gasteiger partial charge in [-0.15, -0.1) is 0 Å². The third-order valence-corrected chi connectivity index (χ3v) is 7.77. The Hall–Kier alpha value is -4.15. The standard InChI is InChI=1S/C32H38N4O6/c1-5-17-42-24-11-10-23(20-25(24)41-6-2)28-26(29(37)27-22(4)35-13-7-9-21(3)31(35)33-27)30(38)32(39)36(28)14-8-12-34-15-18-40-19-16-34/h5,7,9-11,13,20,28,37H,1,6,8,12,14-19H2,2-4H3/b29-26+. The molecule has 222 valence electrons. The number of hydrogen-bond donors (Lipinski definition) is 1. The summed E-state index contributed by atoms with van der Waals surface area (Å²) in [5.74, 6) is -0.667. The van der Waals surface area contributed by atoms with Crippen LogP contribution in [0.2, 0.25) is 0 Å². The highest BCUT2D eigenvalue weighted by molar-refractivity contribution is 6.46. The van der Waals surface area contributed by atoms with Crippen LogP contribution < -0.4 is 9.47 Å². The maximum atomic E-state index is 13.7. The van der Waals surface area contributed by atoms with E-state index in [2.05, 4.69) is 16.5 Å². The summed E-state index contributed by atoms with van der Waals surface area (Å²) in [6, 6.07) is 8.36. The molecule has 3 aromatic rings. The number of aromatic nitrogens is 2. The topological polar surface area (TPSA) is 106 Å². The number of aryl methyl sites for hydroxylation is 2. The lowest BCUT2D eigenvalue weighted by molar-refractivity contribution is -0.140.